The fourth-order valence-electron chi connectivity index (χ4n) is 5.12. The quantitative estimate of drug-likeness (QED) is 0.0286. The smallest absolute Gasteiger partial charge is 0.408 e. The van der Waals surface area contributed by atoms with Crippen LogP contribution in [0.1, 0.15) is 50.8 Å². The molecule has 1 aromatic carbocycles. The maximum atomic E-state index is 14.5. The van der Waals surface area contributed by atoms with Crippen LogP contribution in [0.4, 0.5) is 15.0 Å². The zero-order valence-electron chi connectivity index (χ0n) is 31.1. The minimum absolute atomic E-state index is 0.0443. The molecule has 56 heavy (non-hydrogen) atoms. The monoisotopic (exact) mass is 794 g/mol. The molecule has 2 heterocycles. The van der Waals surface area contributed by atoms with Crippen LogP contribution in [0.3, 0.4) is 0 Å². The lowest BCUT2D eigenvalue weighted by Gasteiger charge is -2.19. The molecule has 6 atom stereocenters. The lowest BCUT2D eigenvalue weighted by molar-refractivity contribution is -0.124. The topological polar surface area (TPSA) is 324 Å². The molecule has 3 rings (SSSR count). The largest absolute Gasteiger partial charge is 0.445 e. The maximum absolute atomic E-state index is 14.5. The third-order valence-corrected chi connectivity index (χ3v) is 8.02. The number of nitrogens with zero attached hydrogens (tertiary/aromatic N) is 3. The normalized spacial score (nSPS) is 18.2. The number of rotatable bonds is 20. The van der Waals surface area contributed by atoms with Gasteiger partial charge in [0, 0.05) is 20.0 Å². The summed E-state index contributed by atoms with van der Waals surface area (Å²) in [4.78, 5) is 77.1. The Hall–Kier alpha value is -5.55. The van der Waals surface area contributed by atoms with Gasteiger partial charge in [-0.15, -0.1) is 0 Å². The van der Waals surface area contributed by atoms with Gasteiger partial charge in [0.15, 0.2) is 23.8 Å². The maximum Gasteiger partial charge on any atom is 0.408 e. The van der Waals surface area contributed by atoms with E-state index in [4.69, 9.17) is 26.0 Å². The van der Waals surface area contributed by atoms with Crippen molar-refractivity contribution < 1.29 is 53.2 Å². The molecular formula is C34H51FN10O11. The molecule has 22 heteroatoms. The number of unbranched alkanes of at least 4 members (excludes halogenated alkanes) is 1. The number of halogens is 1. The Bertz CT molecular complexity index is 1660. The van der Waals surface area contributed by atoms with E-state index in [1.165, 1.54) is 6.92 Å². The first kappa shape index (κ1) is 46.6. The molecule has 2 aromatic rings. The number of nitrogens with two attached hydrogens (primary N) is 2. The number of nitrogens with one attached hydrogen (secondary N) is 5. The summed E-state index contributed by atoms with van der Waals surface area (Å²) in [7, 11) is 1.56. The van der Waals surface area contributed by atoms with Crippen LogP contribution < -0.4 is 43.7 Å². The molecule has 1 aliphatic heterocycles. The second-order valence-electron chi connectivity index (χ2n) is 12.3. The predicted molar refractivity (Wildman–Crippen MR) is 198 cm³/mol. The molecule has 4 amide bonds. The first-order chi connectivity index (χ1) is 26.7. The van der Waals surface area contributed by atoms with Gasteiger partial charge in [-0.05, 0) is 44.7 Å². The molecule has 0 bridgehead atoms. The van der Waals surface area contributed by atoms with Gasteiger partial charge in [0.1, 0.15) is 37.2 Å². The van der Waals surface area contributed by atoms with Crippen molar-refractivity contribution in [2.45, 2.75) is 82.3 Å². The molecule has 1 aliphatic rings. The summed E-state index contributed by atoms with van der Waals surface area (Å²) in [5.74, 6) is -2.90. The Labute approximate surface area is 321 Å². The van der Waals surface area contributed by atoms with E-state index < -0.39 is 78.5 Å². The number of anilines is 1. The predicted octanol–water partition coefficient (Wildman–Crippen LogP) is -2.52. The molecule has 0 aliphatic carbocycles. The van der Waals surface area contributed by atoms with E-state index in [1.54, 1.807) is 7.05 Å². The fourth-order valence-corrected chi connectivity index (χ4v) is 5.12. The summed E-state index contributed by atoms with van der Waals surface area (Å²) in [5.41, 5.74) is 10.3. The van der Waals surface area contributed by atoms with Crippen molar-refractivity contribution in [3.05, 3.63) is 58.4 Å². The van der Waals surface area contributed by atoms with Gasteiger partial charge in [0.25, 0.3) is 0 Å². The number of aldehydes is 1. The van der Waals surface area contributed by atoms with Crippen molar-refractivity contribution >= 4 is 41.9 Å². The highest BCUT2D eigenvalue weighted by molar-refractivity contribution is 5.94. The summed E-state index contributed by atoms with van der Waals surface area (Å²) in [6.07, 6.45) is -2.67. The zero-order chi connectivity index (χ0) is 41.6. The molecule has 6 unspecified atom stereocenters. The van der Waals surface area contributed by atoms with Gasteiger partial charge >= 0.3 is 11.8 Å². The third-order valence-electron chi connectivity index (χ3n) is 8.02. The van der Waals surface area contributed by atoms with E-state index in [2.05, 4.69) is 36.6 Å². The number of hydrogen-bond donors (Lipinski definition) is 10. The average Bonchev–Trinajstić information content (AvgIpc) is 3.46. The van der Waals surface area contributed by atoms with Crippen LogP contribution in [-0.4, -0.2) is 125 Å². The average molecular weight is 795 g/mol. The number of ether oxygens (including phenoxy) is 2. The van der Waals surface area contributed by atoms with Crippen molar-refractivity contribution in [2.24, 2.45) is 16.5 Å². The molecule has 0 spiro atoms. The van der Waals surface area contributed by atoms with Crippen LogP contribution in [0.2, 0.25) is 0 Å². The number of aliphatic imine (C=N–C) groups is 1. The van der Waals surface area contributed by atoms with Gasteiger partial charge in [-0.3, -0.25) is 23.9 Å². The molecule has 310 valence electrons. The lowest BCUT2D eigenvalue weighted by atomic mass is 10.1. The Kier molecular flexibility index (Phi) is 20.6. The van der Waals surface area contributed by atoms with Crippen LogP contribution in [0.25, 0.3) is 0 Å². The summed E-state index contributed by atoms with van der Waals surface area (Å²) in [6.45, 7) is 1.55. The number of carbonyl (C=O) groups excluding carboxylic acids is 5. The molecule has 21 nitrogen and oxygen atoms in total. The number of hydrogen-bond acceptors (Lipinski definition) is 14. The minimum Gasteiger partial charge on any atom is -0.445 e. The van der Waals surface area contributed by atoms with Crippen LogP contribution in [0.5, 0.6) is 0 Å². The van der Waals surface area contributed by atoms with Crippen LogP contribution in [-0.2, 0) is 35.3 Å². The number of guanidine groups is 1. The van der Waals surface area contributed by atoms with E-state index in [0.717, 1.165) is 5.56 Å². The van der Waals surface area contributed by atoms with Gasteiger partial charge in [-0.25, -0.2) is 14.0 Å². The van der Waals surface area contributed by atoms with Crippen molar-refractivity contribution in [3.8, 4) is 0 Å². The number of benzene rings is 1. The molecule has 1 aromatic heterocycles. The zero-order valence-corrected chi connectivity index (χ0v) is 31.1. The number of aromatic nitrogens is 2. The second-order valence-corrected chi connectivity index (χ2v) is 12.3. The first-order valence-electron chi connectivity index (χ1n) is 17.6. The van der Waals surface area contributed by atoms with E-state index in [1.807, 2.05) is 30.3 Å². The van der Waals surface area contributed by atoms with Crippen molar-refractivity contribution in [2.75, 3.05) is 38.6 Å². The first-order valence-corrected chi connectivity index (χ1v) is 17.6. The number of carbonyl (C=O) groups is 5. The van der Waals surface area contributed by atoms with Crippen molar-refractivity contribution in [3.63, 3.8) is 0 Å². The molecule has 0 saturated carbocycles. The van der Waals surface area contributed by atoms with E-state index in [9.17, 15) is 43.4 Å². The standard InChI is InChI=1S/C18H28FN5O7.C16H23N5O4/c1-9(26)21-6-4-3-5-11(20-2)16(29)22-15-10(19)7-24(18(30)23-15)17-14(28)13(27)12(8-25)31-17;17-15(18)20-8-4-7-13(14(23)19-9-10-22)21-16(24)25-11-12-5-2-1-3-6-12/h7,11-14,17,20,25,27-28H,3-6,8H2,1-2H3,(H,21,26)(H,22,23,29,30);1-3,5-6,10,13H,4,7-9,11H2,(H,19,23)(H,21,24)(H4,17,18,20). The van der Waals surface area contributed by atoms with Gasteiger partial charge in [0.05, 0.1) is 25.4 Å². The molecule has 0 radical (unpaired) electrons. The van der Waals surface area contributed by atoms with Crippen molar-refractivity contribution in [1.29, 1.82) is 0 Å². The molecule has 12 N–H and O–H groups in total. The van der Waals surface area contributed by atoms with Crippen molar-refractivity contribution in [1.82, 2.24) is 30.8 Å². The Morgan fingerprint density at radius 3 is 2.36 bits per heavy atom. The Morgan fingerprint density at radius 2 is 1.75 bits per heavy atom. The third kappa shape index (κ3) is 16.0. The minimum atomic E-state index is -1.58. The number of likely N-dealkylation sites (N-methyl/N-ethyl adjacent to an activating group) is 1. The van der Waals surface area contributed by atoms with Gasteiger partial charge in [-0.1, -0.05) is 30.3 Å². The summed E-state index contributed by atoms with van der Waals surface area (Å²) in [5, 5.41) is 41.5. The highest BCUT2D eigenvalue weighted by atomic mass is 19.1. The Balaban J connectivity index is 0.000000396. The Morgan fingerprint density at radius 1 is 1.05 bits per heavy atom. The van der Waals surface area contributed by atoms with Gasteiger partial charge < -0.3 is 67.6 Å². The molecule has 1 saturated heterocycles. The highest BCUT2D eigenvalue weighted by Crippen LogP contribution is 2.28. The number of aliphatic hydroxyl groups is 3. The van der Waals surface area contributed by atoms with E-state index in [-0.39, 0.29) is 25.0 Å². The summed E-state index contributed by atoms with van der Waals surface area (Å²) < 4.78 is 25.4. The van der Waals surface area contributed by atoms with Gasteiger partial charge in [-0.2, -0.15) is 4.98 Å². The number of alkyl carbamates (subject to hydrolysis) is 1. The van der Waals surface area contributed by atoms with Crippen LogP contribution >= 0.6 is 0 Å². The summed E-state index contributed by atoms with van der Waals surface area (Å²) >= 11 is 0. The SMILES string of the molecule is CNC(CCCCNC(C)=O)C(=O)Nc1nc(=O)n(C2OC(CO)C(O)C2O)cc1F.NC(N)=NCCCC(NC(=O)OCc1ccccc1)C(=O)NCC=O. The van der Waals surface area contributed by atoms with E-state index >= 15 is 0 Å². The molecule has 1 fully saturated rings. The van der Waals surface area contributed by atoms with E-state index in [0.29, 0.717) is 62.2 Å². The molecular weight excluding hydrogens is 743 g/mol. The lowest BCUT2D eigenvalue weighted by Crippen LogP contribution is -2.47. The highest BCUT2D eigenvalue weighted by Gasteiger charge is 2.44. The summed E-state index contributed by atoms with van der Waals surface area (Å²) in [6, 6.07) is 7.62. The van der Waals surface area contributed by atoms with Gasteiger partial charge in [0.2, 0.25) is 17.7 Å². The van der Waals surface area contributed by atoms with Crippen LogP contribution in [0, 0.1) is 5.82 Å². The van der Waals surface area contributed by atoms with Crippen LogP contribution in [0.15, 0.2) is 46.3 Å². The fraction of sp³-hybridized carbons (Fsp3) is 0.529. The number of aliphatic hydroxyl groups excluding tert-OH is 3. The second kappa shape index (κ2) is 24.8. The number of amides is 4.